The molecule has 0 unspecified atom stereocenters. The summed E-state index contributed by atoms with van der Waals surface area (Å²) in [6, 6.07) is 20.7. The Morgan fingerprint density at radius 2 is 1.61 bits per heavy atom. The van der Waals surface area contributed by atoms with Gasteiger partial charge >= 0.3 is 0 Å². The van der Waals surface area contributed by atoms with Gasteiger partial charge in [-0.05, 0) is 29.8 Å². The van der Waals surface area contributed by atoms with Crippen molar-refractivity contribution >= 4 is 16.8 Å². The van der Waals surface area contributed by atoms with Gasteiger partial charge in [0.15, 0.2) is 17.3 Å². The number of nitrogens with zero attached hydrogens (tertiary/aromatic N) is 1. The van der Waals surface area contributed by atoms with Crippen molar-refractivity contribution in [2.75, 3.05) is 14.2 Å². The molecule has 1 aromatic heterocycles. The van der Waals surface area contributed by atoms with Gasteiger partial charge in [-0.15, -0.1) is 0 Å². The molecule has 1 heterocycles. The lowest BCUT2D eigenvalue weighted by Gasteiger charge is -2.14. The standard InChI is InChI=1S/C23H20N2O3/c1-27-20-12-16(13-22-24-18-10-6-7-11-19(18)25-22)17(14-21(20)28-2)23(26)15-8-4-3-5-9-15/h3-12,14H,13H2,1-2H3,(H,24,25). The van der Waals surface area contributed by atoms with E-state index in [4.69, 9.17) is 9.47 Å². The number of ether oxygens (including phenoxy) is 2. The summed E-state index contributed by atoms with van der Waals surface area (Å²) in [6.45, 7) is 0. The van der Waals surface area contributed by atoms with Crippen LogP contribution in [0.5, 0.6) is 11.5 Å². The molecule has 5 heteroatoms. The molecule has 3 aromatic carbocycles. The number of aromatic nitrogens is 2. The number of imidazole rings is 1. The second-order valence-electron chi connectivity index (χ2n) is 6.44. The van der Waals surface area contributed by atoms with Crippen LogP contribution >= 0.6 is 0 Å². The molecule has 0 saturated carbocycles. The van der Waals surface area contributed by atoms with Gasteiger partial charge in [-0.25, -0.2) is 4.98 Å². The Balaban J connectivity index is 1.80. The van der Waals surface area contributed by atoms with Gasteiger partial charge in [0, 0.05) is 17.5 Å². The maximum atomic E-state index is 13.2. The van der Waals surface area contributed by atoms with Crippen LogP contribution in [0.3, 0.4) is 0 Å². The molecule has 0 aliphatic heterocycles. The summed E-state index contributed by atoms with van der Waals surface area (Å²) in [4.78, 5) is 21.1. The molecular weight excluding hydrogens is 352 g/mol. The molecule has 0 aliphatic carbocycles. The van der Waals surface area contributed by atoms with Crippen molar-refractivity contribution < 1.29 is 14.3 Å². The van der Waals surface area contributed by atoms with Gasteiger partial charge in [0.25, 0.3) is 0 Å². The van der Waals surface area contributed by atoms with E-state index < -0.39 is 0 Å². The van der Waals surface area contributed by atoms with E-state index in [2.05, 4.69) is 9.97 Å². The van der Waals surface area contributed by atoms with Crippen LogP contribution in [-0.2, 0) is 6.42 Å². The highest BCUT2D eigenvalue weighted by atomic mass is 16.5. The fraction of sp³-hybridized carbons (Fsp3) is 0.130. The van der Waals surface area contributed by atoms with Gasteiger partial charge in [-0.3, -0.25) is 4.79 Å². The molecule has 0 radical (unpaired) electrons. The first kappa shape index (κ1) is 17.8. The second kappa shape index (κ2) is 7.56. The minimum Gasteiger partial charge on any atom is -0.493 e. The van der Waals surface area contributed by atoms with Gasteiger partial charge in [-0.2, -0.15) is 0 Å². The summed E-state index contributed by atoms with van der Waals surface area (Å²) >= 11 is 0. The van der Waals surface area contributed by atoms with Crippen LogP contribution in [0.4, 0.5) is 0 Å². The summed E-state index contributed by atoms with van der Waals surface area (Å²) in [5.41, 5.74) is 3.89. The van der Waals surface area contributed by atoms with Crippen molar-refractivity contribution in [2.45, 2.75) is 6.42 Å². The Kier molecular flexibility index (Phi) is 4.81. The van der Waals surface area contributed by atoms with Crippen molar-refractivity contribution in [3.63, 3.8) is 0 Å². The number of para-hydroxylation sites is 2. The molecule has 0 spiro atoms. The zero-order valence-corrected chi connectivity index (χ0v) is 15.7. The van der Waals surface area contributed by atoms with E-state index in [1.807, 2.05) is 60.7 Å². The van der Waals surface area contributed by atoms with E-state index in [0.29, 0.717) is 29.0 Å². The van der Waals surface area contributed by atoms with Crippen LogP contribution < -0.4 is 9.47 Å². The summed E-state index contributed by atoms with van der Waals surface area (Å²) in [5, 5.41) is 0. The minimum atomic E-state index is -0.0623. The zero-order valence-electron chi connectivity index (χ0n) is 15.7. The molecule has 0 atom stereocenters. The predicted octanol–water partition coefficient (Wildman–Crippen LogP) is 4.40. The van der Waals surface area contributed by atoms with E-state index in [1.165, 1.54) is 0 Å². The van der Waals surface area contributed by atoms with E-state index >= 15 is 0 Å². The monoisotopic (exact) mass is 372 g/mol. The molecule has 28 heavy (non-hydrogen) atoms. The van der Waals surface area contributed by atoms with Crippen molar-refractivity contribution in [3.8, 4) is 11.5 Å². The molecule has 0 fully saturated rings. The molecule has 4 rings (SSSR count). The lowest BCUT2D eigenvalue weighted by atomic mass is 9.95. The number of methoxy groups -OCH3 is 2. The maximum Gasteiger partial charge on any atom is 0.193 e. The number of ketones is 1. The van der Waals surface area contributed by atoms with Gasteiger partial charge in [0.1, 0.15) is 5.82 Å². The first-order valence-electron chi connectivity index (χ1n) is 8.98. The molecule has 0 amide bonds. The quantitative estimate of drug-likeness (QED) is 0.510. The number of rotatable bonds is 6. The van der Waals surface area contributed by atoms with Gasteiger partial charge < -0.3 is 14.5 Å². The number of hydrogen-bond donors (Lipinski definition) is 1. The Bertz CT molecular complexity index is 1100. The highest BCUT2D eigenvalue weighted by Crippen LogP contribution is 2.32. The highest BCUT2D eigenvalue weighted by Gasteiger charge is 2.19. The number of hydrogen-bond acceptors (Lipinski definition) is 4. The Hall–Kier alpha value is -3.60. The molecule has 1 N–H and O–H groups in total. The Morgan fingerprint density at radius 3 is 2.32 bits per heavy atom. The van der Waals surface area contributed by atoms with E-state index in [0.717, 1.165) is 22.4 Å². The van der Waals surface area contributed by atoms with Crippen molar-refractivity contribution in [3.05, 3.63) is 89.2 Å². The topological polar surface area (TPSA) is 64.2 Å². The lowest BCUT2D eigenvalue weighted by Crippen LogP contribution is -2.08. The SMILES string of the molecule is COc1cc(Cc2nc3ccccc3[nH]2)c(C(=O)c2ccccc2)cc1OC. The Labute approximate surface area is 163 Å². The number of nitrogens with one attached hydrogen (secondary N) is 1. The molecule has 0 saturated heterocycles. The third-order valence-corrected chi connectivity index (χ3v) is 4.69. The van der Waals surface area contributed by atoms with Crippen LogP contribution in [-0.4, -0.2) is 30.0 Å². The molecule has 0 aliphatic rings. The van der Waals surface area contributed by atoms with Crippen LogP contribution in [0.1, 0.15) is 27.3 Å². The number of H-pyrrole nitrogens is 1. The maximum absolute atomic E-state index is 13.2. The molecule has 5 nitrogen and oxygen atoms in total. The molecule has 0 bridgehead atoms. The number of carbonyl (C=O) groups is 1. The van der Waals surface area contributed by atoms with Crippen molar-refractivity contribution in [1.82, 2.24) is 9.97 Å². The summed E-state index contributed by atoms with van der Waals surface area (Å²) in [7, 11) is 3.15. The third-order valence-electron chi connectivity index (χ3n) is 4.69. The summed E-state index contributed by atoms with van der Waals surface area (Å²) in [5.74, 6) is 1.83. The average molecular weight is 372 g/mol. The highest BCUT2D eigenvalue weighted by molar-refractivity contribution is 6.10. The molecule has 4 aromatic rings. The zero-order chi connectivity index (χ0) is 19.5. The van der Waals surface area contributed by atoms with Crippen LogP contribution in [0.2, 0.25) is 0 Å². The van der Waals surface area contributed by atoms with E-state index in [9.17, 15) is 4.79 Å². The number of aromatic amines is 1. The number of fused-ring (bicyclic) bond motifs is 1. The smallest absolute Gasteiger partial charge is 0.193 e. The van der Waals surface area contributed by atoms with Crippen molar-refractivity contribution in [2.24, 2.45) is 0 Å². The first-order valence-corrected chi connectivity index (χ1v) is 8.98. The van der Waals surface area contributed by atoms with Gasteiger partial charge in [0.2, 0.25) is 0 Å². The average Bonchev–Trinajstić information content (AvgIpc) is 3.16. The van der Waals surface area contributed by atoms with E-state index in [-0.39, 0.29) is 5.78 Å². The number of carbonyl (C=O) groups excluding carboxylic acids is 1. The summed E-state index contributed by atoms with van der Waals surface area (Å²) in [6.07, 6.45) is 0.475. The lowest BCUT2D eigenvalue weighted by molar-refractivity contribution is 0.103. The first-order chi connectivity index (χ1) is 13.7. The van der Waals surface area contributed by atoms with Gasteiger partial charge in [-0.1, -0.05) is 42.5 Å². The second-order valence-corrected chi connectivity index (χ2v) is 6.44. The van der Waals surface area contributed by atoms with Crippen LogP contribution in [0, 0.1) is 0 Å². The summed E-state index contributed by atoms with van der Waals surface area (Å²) < 4.78 is 10.9. The van der Waals surface area contributed by atoms with E-state index in [1.54, 1.807) is 20.3 Å². The van der Waals surface area contributed by atoms with Crippen LogP contribution in [0.15, 0.2) is 66.7 Å². The van der Waals surface area contributed by atoms with Gasteiger partial charge in [0.05, 0.1) is 25.3 Å². The minimum absolute atomic E-state index is 0.0623. The fourth-order valence-corrected chi connectivity index (χ4v) is 3.29. The molecular formula is C23H20N2O3. The Morgan fingerprint density at radius 1 is 0.929 bits per heavy atom. The third kappa shape index (κ3) is 3.34. The number of benzene rings is 3. The predicted molar refractivity (Wildman–Crippen MR) is 108 cm³/mol. The molecule has 140 valence electrons. The van der Waals surface area contributed by atoms with Crippen molar-refractivity contribution in [1.29, 1.82) is 0 Å². The fourth-order valence-electron chi connectivity index (χ4n) is 3.29. The normalized spacial score (nSPS) is 10.8. The largest absolute Gasteiger partial charge is 0.493 e. The van der Waals surface area contributed by atoms with Crippen LogP contribution in [0.25, 0.3) is 11.0 Å².